The Morgan fingerprint density at radius 3 is 2.15 bits per heavy atom. The maximum absolute atomic E-state index is 12.3. The standard InChI is InChI=1S/C14H10N2O4/c17-11-9-5-8(9)10(12(18)15-11)16-13(19)6-3-1-2-4-7(6)14(16)20/h1-4,8-10H,5H2,(H,15,17,18)/t8-,9+,10+/m0/s1. The van der Waals surface area contributed by atoms with Crippen LogP contribution in [0.25, 0.3) is 0 Å². The van der Waals surface area contributed by atoms with Crippen molar-refractivity contribution in [2.45, 2.75) is 12.5 Å². The maximum Gasteiger partial charge on any atom is 0.262 e. The molecule has 2 fully saturated rings. The van der Waals surface area contributed by atoms with E-state index < -0.39 is 23.8 Å². The molecule has 20 heavy (non-hydrogen) atoms. The molecular formula is C14H10N2O4. The second-order valence-corrected chi connectivity index (χ2v) is 5.33. The molecule has 2 aliphatic heterocycles. The van der Waals surface area contributed by atoms with E-state index in [-0.39, 0.29) is 17.7 Å². The molecule has 6 heteroatoms. The van der Waals surface area contributed by atoms with E-state index in [0.29, 0.717) is 17.5 Å². The van der Waals surface area contributed by atoms with Crippen molar-refractivity contribution < 1.29 is 19.2 Å². The molecule has 0 spiro atoms. The van der Waals surface area contributed by atoms with Gasteiger partial charge in [0.05, 0.1) is 11.1 Å². The summed E-state index contributed by atoms with van der Waals surface area (Å²) in [5, 5.41) is 2.24. The Bertz CT molecular complexity index is 661. The second kappa shape index (κ2) is 3.53. The highest BCUT2D eigenvalue weighted by Gasteiger charge is 2.59. The number of nitrogens with zero attached hydrogens (tertiary/aromatic N) is 1. The van der Waals surface area contributed by atoms with Crippen LogP contribution in [0.15, 0.2) is 24.3 Å². The number of imide groups is 2. The molecule has 4 rings (SSSR count). The average Bonchev–Trinajstić information content (AvgIpc) is 3.18. The molecule has 6 nitrogen and oxygen atoms in total. The molecule has 0 bridgehead atoms. The number of benzene rings is 1. The number of nitrogens with one attached hydrogen (secondary N) is 1. The third-order valence-corrected chi connectivity index (χ3v) is 4.20. The summed E-state index contributed by atoms with van der Waals surface area (Å²) in [6, 6.07) is 5.65. The molecule has 3 atom stereocenters. The van der Waals surface area contributed by atoms with E-state index >= 15 is 0 Å². The SMILES string of the molecule is O=C1NC(=O)[C@H](N2C(=O)c3ccccc3C2=O)[C@H]2C[C@@H]12. The lowest BCUT2D eigenvalue weighted by atomic mass is 10.0. The van der Waals surface area contributed by atoms with Gasteiger partial charge in [0.2, 0.25) is 11.8 Å². The zero-order valence-electron chi connectivity index (χ0n) is 10.3. The van der Waals surface area contributed by atoms with Crippen molar-refractivity contribution in [3.05, 3.63) is 35.4 Å². The fraction of sp³-hybridized carbons (Fsp3) is 0.286. The minimum Gasteiger partial charge on any atom is -0.294 e. The smallest absolute Gasteiger partial charge is 0.262 e. The highest BCUT2D eigenvalue weighted by molar-refractivity contribution is 6.23. The first-order valence-electron chi connectivity index (χ1n) is 6.41. The van der Waals surface area contributed by atoms with E-state index in [1.54, 1.807) is 24.3 Å². The third kappa shape index (κ3) is 1.28. The summed E-state index contributed by atoms with van der Waals surface area (Å²) in [6.45, 7) is 0. The van der Waals surface area contributed by atoms with Crippen LogP contribution in [-0.4, -0.2) is 34.6 Å². The van der Waals surface area contributed by atoms with Gasteiger partial charge < -0.3 is 0 Å². The van der Waals surface area contributed by atoms with Crippen molar-refractivity contribution in [3.63, 3.8) is 0 Å². The number of carbonyl (C=O) groups is 4. The summed E-state index contributed by atoms with van der Waals surface area (Å²) in [6.07, 6.45) is 0.551. The Morgan fingerprint density at radius 2 is 1.55 bits per heavy atom. The topological polar surface area (TPSA) is 83.6 Å². The molecule has 2 heterocycles. The summed E-state index contributed by atoms with van der Waals surface area (Å²) >= 11 is 0. The number of amides is 4. The van der Waals surface area contributed by atoms with Gasteiger partial charge >= 0.3 is 0 Å². The minimum absolute atomic E-state index is 0.224. The van der Waals surface area contributed by atoms with Crippen LogP contribution in [0.5, 0.6) is 0 Å². The van der Waals surface area contributed by atoms with Crippen molar-refractivity contribution in [3.8, 4) is 0 Å². The number of piperidine rings is 1. The van der Waals surface area contributed by atoms with Crippen molar-refractivity contribution in [1.29, 1.82) is 0 Å². The lowest BCUT2D eigenvalue weighted by Crippen LogP contribution is -2.55. The Labute approximate surface area is 113 Å². The van der Waals surface area contributed by atoms with E-state index in [9.17, 15) is 19.2 Å². The van der Waals surface area contributed by atoms with Gasteiger partial charge in [-0.05, 0) is 18.6 Å². The van der Waals surface area contributed by atoms with Gasteiger partial charge in [0.15, 0.2) is 0 Å². The first-order chi connectivity index (χ1) is 9.59. The van der Waals surface area contributed by atoms with Gasteiger partial charge in [0.1, 0.15) is 6.04 Å². The number of rotatable bonds is 1. The Balaban J connectivity index is 1.75. The Hall–Kier alpha value is -2.50. The molecule has 1 saturated heterocycles. The molecule has 1 N–H and O–H groups in total. The monoisotopic (exact) mass is 270 g/mol. The van der Waals surface area contributed by atoms with Crippen LogP contribution in [0.4, 0.5) is 0 Å². The first kappa shape index (κ1) is 11.3. The van der Waals surface area contributed by atoms with Gasteiger partial charge in [-0.1, -0.05) is 12.1 Å². The molecule has 0 radical (unpaired) electrons. The highest BCUT2D eigenvalue weighted by Crippen LogP contribution is 2.47. The minimum atomic E-state index is -0.856. The van der Waals surface area contributed by atoms with Crippen LogP contribution >= 0.6 is 0 Å². The summed E-state index contributed by atoms with van der Waals surface area (Å²) < 4.78 is 0. The summed E-state index contributed by atoms with van der Waals surface area (Å²) in [5.74, 6) is -2.23. The Kier molecular flexibility index (Phi) is 2.00. The average molecular weight is 270 g/mol. The van der Waals surface area contributed by atoms with Crippen LogP contribution in [0.2, 0.25) is 0 Å². The highest BCUT2D eigenvalue weighted by atomic mass is 16.2. The maximum atomic E-state index is 12.3. The molecule has 0 unspecified atom stereocenters. The van der Waals surface area contributed by atoms with Crippen LogP contribution in [0, 0.1) is 11.8 Å². The fourth-order valence-corrected chi connectivity index (χ4v) is 3.12. The zero-order chi connectivity index (χ0) is 14.0. The van der Waals surface area contributed by atoms with E-state index in [0.717, 1.165) is 4.90 Å². The predicted molar refractivity (Wildman–Crippen MR) is 65.5 cm³/mol. The second-order valence-electron chi connectivity index (χ2n) is 5.33. The van der Waals surface area contributed by atoms with Gasteiger partial charge in [-0.15, -0.1) is 0 Å². The zero-order valence-corrected chi connectivity index (χ0v) is 10.3. The van der Waals surface area contributed by atoms with Crippen molar-refractivity contribution in [1.82, 2.24) is 10.2 Å². The number of fused-ring (bicyclic) bond motifs is 2. The van der Waals surface area contributed by atoms with Gasteiger partial charge in [0, 0.05) is 11.8 Å². The molecule has 1 aromatic carbocycles. The van der Waals surface area contributed by atoms with Gasteiger partial charge in [0.25, 0.3) is 11.8 Å². The van der Waals surface area contributed by atoms with Gasteiger partial charge in [-0.25, -0.2) is 0 Å². The third-order valence-electron chi connectivity index (χ3n) is 4.20. The summed E-state index contributed by atoms with van der Waals surface area (Å²) in [7, 11) is 0. The number of hydrogen-bond donors (Lipinski definition) is 1. The molecule has 100 valence electrons. The molecular weight excluding hydrogens is 260 g/mol. The number of carbonyl (C=O) groups excluding carboxylic acids is 4. The van der Waals surface area contributed by atoms with E-state index in [1.165, 1.54) is 0 Å². The molecule has 1 saturated carbocycles. The van der Waals surface area contributed by atoms with Crippen LogP contribution in [-0.2, 0) is 9.59 Å². The Morgan fingerprint density at radius 1 is 0.950 bits per heavy atom. The largest absolute Gasteiger partial charge is 0.294 e. The van der Waals surface area contributed by atoms with Crippen LogP contribution in [0.3, 0.4) is 0 Å². The molecule has 3 aliphatic rings. The van der Waals surface area contributed by atoms with Gasteiger partial charge in [-0.3, -0.25) is 29.4 Å². The normalized spacial score (nSPS) is 31.0. The molecule has 1 aliphatic carbocycles. The lowest BCUT2D eigenvalue weighted by Gasteiger charge is -2.27. The summed E-state index contributed by atoms with van der Waals surface area (Å²) in [5.41, 5.74) is 0.638. The number of hydrogen-bond acceptors (Lipinski definition) is 4. The summed E-state index contributed by atoms with van der Waals surface area (Å²) in [4.78, 5) is 49.1. The fourth-order valence-electron chi connectivity index (χ4n) is 3.12. The first-order valence-corrected chi connectivity index (χ1v) is 6.41. The van der Waals surface area contributed by atoms with E-state index in [2.05, 4.69) is 5.32 Å². The quantitative estimate of drug-likeness (QED) is 0.725. The lowest BCUT2D eigenvalue weighted by molar-refractivity contribution is -0.137. The molecule has 1 aromatic rings. The molecule has 4 amide bonds. The van der Waals surface area contributed by atoms with Crippen LogP contribution < -0.4 is 5.32 Å². The van der Waals surface area contributed by atoms with E-state index in [4.69, 9.17) is 0 Å². The van der Waals surface area contributed by atoms with Gasteiger partial charge in [-0.2, -0.15) is 0 Å². The molecule has 0 aromatic heterocycles. The van der Waals surface area contributed by atoms with Crippen molar-refractivity contribution >= 4 is 23.6 Å². The van der Waals surface area contributed by atoms with Crippen molar-refractivity contribution in [2.24, 2.45) is 11.8 Å². The van der Waals surface area contributed by atoms with E-state index in [1.807, 2.05) is 0 Å². The predicted octanol–water partition coefficient (Wildman–Crippen LogP) is -0.0563. The van der Waals surface area contributed by atoms with Crippen LogP contribution in [0.1, 0.15) is 27.1 Å². The van der Waals surface area contributed by atoms with Crippen molar-refractivity contribution in [2.75, 3.05) is 0 Å².